The second kappa shape index (κ2) is 10.8. The minimum atomic E-state index is -1.72. The molecule has 2 heterocycles. The first-order valence-corrected chi connectivity index (χ1v) is 11.3. The van der Waals surface area contributed by atoms with Crippen LogP contribution in [-0.4, -0.2) is 87.9 Å². The predicted molar refractivity (Wildman–Crippen MR) is 127 cm³/mol. The molecule has 4 atom stereocenters. The van der Waals surface area contributed by atoms with Gasteiger partial charge >= 0.3 is 5.97 Å². The molecule has 2 unspecified atom stereocenters. The molecule has 10 nitrogen and oxygen atoms in total. The third-order valence-electron chi connectivity index (χ3n) is 6.12. The molecular formula is C24H32N4O6. The van der Waals surface area contributed by atoms with Gasteiger partial charge in [-0.25, -0.2) is 0 Å². The Bertz CT molecular complexity index is 1070. The summed E-state index contributed by atoms with van der Waals surface area (Å²) in [4.78, 5) is 38.8. The van der Waals surface area contributed by atoms with Gasteiger partial charge in [-0.2, -0.15) is 0 Å². The summed E-state index contributed by atoms with van der Waals surface area (Å²) in [6, 6.07) is 6.51. The number of likely N-dealkylation sites (N-methyl/N-ethyl adjacent to an activating group) is 3. The highest BCUT2D eigenvalue weighted by atomic mass is 16.4. The number of carbonyl (C=O) groups excluding carboxylic acids is 2. The van der Waals surface area contributed by atoms with Gasteiger partial charge in [-0.15, -0.1) is 0 Å². The lowest BCUT2D eigenvalue weighted by atomic mass is 9.80. The van der Waals surface area contributed by atoms with Gasteiger partial charge in [0, 0.05) is 42.8 Å². The number of H-pyrrole nitrogens is 1. The van der Waals surface area contributed by atoms with Crippen molar-refractivity contribution in [2.24, 2.45) is 5.92 Å². The molecule has 1 aromatic carbocycles. The Kier molecular flexibility index (Phi) is 8.08. The van der Waals surface area contributed by atoms with Crippen molar-refractivity contribution in [3.8, 4) is 0 Å². The van der Waals surface area contributed by atoms with Crippen molar-refractivity contribution in [1.29, 1.82) is 0 Å². The summed E-state index contributed by atoms with van der Waals surface area (Å²) in [5.41, 5.74) is 4.83. The number of carboxylic acid groups (broad SMARTS) is 1. The van der Waals surface area contributed by atoms with Crippen LogP contribution >= 0.6 is 0 Å². The number of nitrogens with one attached hydrogen (secondary N) is 3. The maximum atomic E-state index is 11.3. The van der Waals surface area contributed by atoms with Crippen molar-refractivity contribution in [1.82, 2.24) is 20.5 Å². The molecule has 2 aromatic rings. The van der Waals surface area contributed by atoms with Crippen molar-refractivity contribution in [3.63, 3.8) is 0 Å². The van der Waals surface area contributed by atoms with E-state index in [1.54, 1.807) is 13.8 Å². The molecule has 1 aromatic heterocycles. The first-order valence-electron chi connectivity index (χ1n) is 11.3. The minimum absolute atomic E-state index is 0.291. The van der Waals surface area contributed by atoms with Crippen LogP contribution < -0.4 is 10.6 Å². The SMILES string of the molecule is CCNC(=O)C(O)C(O)C(=O)NCC.CN1C[C@H](C(=O)O)C=C2c3cccc4[nH]cc(c34)C[C@H]21. The molecule has 6 N–H and O–H groups in total. The van der Waals surface area contributed by atoms with Crippen LogP contribution in [0.15, 0.2) is 30.5 Å². The highest BCUT2D eigenvalue weighted by molar-refractivity contribution is 5.99. The first kappa shape index (κ1) is 25.4. The summed E-state index contributed by atoms with van der Waals surface area (Å²) in [6.45, 7) is 4.58. The third-order valence-corrected chi connectivity index (χ3v) is 6.12. The fraction of sp³-hybridized carbons (Fsp3) is 0.458. The van der Waals surface area contributed by atoms with Crippen LogP contribution in [0.1, 0.15) is 25.0 Å². The molecule has 0 saturated heterocycles. The molecule has 0 fully saturated rings. The number of aliphatic hydroxyl groups excluding tert-OH is 2. The van der Waals surface area contributed by atoms with E-state index in [4.69, 9.17) is 0 Å². The van der Waals surface area contributed by atoms with Crippen LogP contribution in [0.2, 0.25) is 0 Å². The van der Waals surface area contributed by atoms with Crippen molar-refractivity contribution in [2.45, 2.75) is 38.5 Å². The van der Waals surface area contributed by atoms with Crippen LogP contribution in [0.25, 0.3) is 16.5 Å². The average Bonchev–Trinajstić information content (AvgIpc) is 3.23. The monoisotopic (exact) mass is 472 g/mol. The van der Waals surface area contributed by atoms with Gasteiger partial charge in [0.15, 0.2) is 12.2 Å². The van der Waals surface area contributed by atoms with E-state index >= 15 is 0 Å². The lowest BCUT2D eigenvalue weighted by Crippen LogP contribution is -2.49. The molecule has 0 bridgehead atoms. The highest BCUT2D eigenvalue weighted by Crippen LogP contribution is 2.40. The predicted octanol–water partition coefficient (Wildman–Crippen LogP) is 0.103. The quantitative estimate of drug-likeness (QED) is 0.348. The smallest absolute Gasteiger partial charge is 0.311 e. The number of carbonyl (C=O) groups is 3. The van der Waals surface area contributed by atoms with Crippen molar-refractivity contribution in [3.05, 3.63) is 41.6 Å². The minimum Gasteiger partial charge on any atom is -0.481 e. The second-order valence-corrected chi connectivity index (χ2v) is 8.45. The number of benzene rings is 1. The molecule has 4 rings (SSSR count). The van der Waals surface area contributed by atoms with Gasteiger partial charge in [-0.3, -0.25) is 19.3 Å². The first-order chi connectivity index (χ1) is 16.2. The van der Waals surface area contributed by atoms with Gasteiger partial charge < -0.3 is 30.9 Å². The maximum absolute atomic E-state index is 11.3. The van der Waals surface area contributed by atoms with Crippen LogP contribution in [-0.2, 0) is 20.8 Å². The zero-order valence-electron chi connectivity index (χ0n) is 19.5. The fourth-order valence-electron chi connectivity index (χ4n) is 4.45. The van der Waals surface area contributed by atoms with Gasteiger partial charge in [-0.1, -0.05) is 18.2 Å². The summed E-state index contributed by atoms with van der Waals surface area (Å²) >= 11 is 0. The number of aromatic nitrogens is 1. The van der Waals surface area contributed by atoms with Crippen LogP contribution in [0.4, 0.5) is 0 Å². The number of fused-ring (bicyclic) bond motifs is 2. The normalized spacial score (nSPS) is 20.8. The van der Waals surface area contributed by atoms with Gasteiger partial charge in [0.2, 0.25) is 0 Å². The van der Waals surface area contributed by atoms with E-state index in [0.717, 1.165) is 11.9 Å². The molecule has 0 spiro atoms. The summed E-state index contributed by atoms with van der Waals surface area (Å²) in [7, 11) is 2.02. The van der Waals surface area contributed by atoms with E-state index in [2.05, 4.69) is 38.8 Å². The van der Waals surface area contributed by atoms with Crippen LogP contribution in [0, 0.1) is 5.92 Å². The number of hydrogen-bond donors (Lipinski definition) is 6. The van der Waals surface area contributed by atoms with E-state index in [-0.39, 0.29) is 0 Å². The molecule has 184 valence electrons. The van der Waals surface area contributed by atoms with E-state index in [0.29, 0.717) is 25.7 Å². The number of amides is 2. The Morgan fingerprint density at radius 1 is 1.12 bits per heavy atom. The van der Waals surface area contributed by atoms with Crippen LogP contribution in [0.3, 0.4) is 0 Å². The number of nitrogens with zero attached hydrogens (tertiary/aromatic N) is 1. The lowest BCUT2D eigenvalue weighted by molar-refractivity contribution is -0.145. The Morgan fingerprint density at radius 2 is 1.74 bits per heavy atom. The van der Waals surface area contributed by atoms with Gasteiger partial charge in [-0.05, 0) is 50.1 Å². The molecular weight excluding hydrogens is 440 g/mol. The number of rotatable bonds is 6. The second-order valence-electron chi connectivity index (χ2n) is 8.45. The molecule has 1 aliphatic carbocycles. The largest absolute Gasteiger partial charge is 0.481 e. The molecule has 0 radical (unpaired) electrons. The fourth-order valence-corrected chi connectivity index (χ4v) is 4.45. The Morgan fingerprint density at radius 3 is 2.29 bits per heavy atom. The summed E-state index contributed by atoms with van der Waals surface area (Å²) in [5.74, 6) is -2.67. The van der Waals surface area contributed by atoms with Crippen molar-refractivity contribution >= 4 is 34.3 Å². The number of aliphatic hydroxyl groups is 2. The van der Waals surface area contributed by atoms with E-state index in [1.807, 2.05) is 19.2 Å². The van der Waals surface area contributed by atoms with E-state index < -0.39 is 35.9 Å². The van der Waals surface area contributed by atoms with Gasteiger partial charge in [0.25, 0.3) is 11.8 Å². The summed E-state index contributed by atoms with van der Waals surface area (Å²) in [5, 5.41) is 33.5. The lowest BCUT2D eigenvalue weighted by Gasteiger charge is -2.38. The number of carboxylic acids is 1. The Balaban J connectivity index is 0.000000206. The molecule has 10 heteroatoms. The zero-order valence-corrected chi connectivity index (χ0v) is 19.5. The van der Waals surface area contributed by atoms with Crippen molar-refractivity contribution < 1.29 is 29.7 Å². The maximum Gasteiger partial charge on any atom is 0.311 e. The number of aliphatic carboxylic acids is 1. The van der Waals surface area contributed by atoms with E-state index in [9.17, 15) is 29.7 Å². The molecule has 0 saturated carbocycles. The Hall–Kier alpha value is -3.21. The summed E-state index contributed by atoms with van der Waals surface area (Å²) < 4.78 is 0. The van der Waals surface area contributed by atoms with Crippen LogP contribution in [0.5, 0.6) is 0 Å². The topological polar surface area (TPSA) is 155 Å². The zero-order chi connectivity index (χ0) is 25.0. The third kappa shape index (κ3) is 5.14. The van der Waals surface area contributed by atoms with Crippen molar-refractivity contribution in [2.75, 3.05) is 26.7 Å². The van der Waals surface area contributed by atoms with Gasteiger partial charge in [0.05, 0.1) is 5.92 Å². The average molecular weight is 473 g/mol. The van der Waals surface area contributed by atoms with Gasteiger partial charge in [0.1, 0.15) is 0 Å². The standard InChI is InChI=1S/C16H16N2O2.C8H16N2O4/c1-18-8-10(16(19)20)5-12-11-3-2-4-13-15(11)9(7-17-13)6-14(12)18;1-3-9-7(13)5(11)6(12)8(14)10-4-2/h2-5,7,10,14,17H,6,8H2,1H3,(H,19,20);5-6,11-12H,3-4H2,1-2H3,(H,9,13)(H,10,14)/t10-,14-;/m1./s1. The molecule has 34 heavy (non-hydrogen) atoms. The molecule has 1 aliphatic heterocycles. The number of aromatic amines is 1. The molecule has 2 amide bonds. The number of hydrogen-bond acceptors (Lipinski definition) is 6. The van der Waals surface area contributed by atoms with E-state index in [1.165, 1.54) is 22.1 Å². The molecule has 2 aliphatic rings. The summed E-state index contributed by atoms with van der Waals surface area (Å²) in [6.07, 6.45) is 1.55. The Labute approximate surface area is 197 Å². The highest BCUT2D eigenvalue weighted by Gasteiger charge is 2.35.